The standard InChI is InChI=1S/C19H14ClN3OS2/c1-25-15-8-7-13-9-14(17(20)21-16(13)10-15)11-26-19-23-22-18(24-19)12-5-3-2-4-6-12/h2-10H,11H2,1H3. The van der Waals surface area contributed by atoms with Gasteiger partial charge in [0.15, 0.2) is 0 Å². The number of hydrogen-bond donors (Lipinski definition) is 0. The third-order valence-electron chi connectivity index (χ3n) is 3.83. The van der Waals surface area contributed by atoms with Crippen molar-refractivity contribution in [2.75, 3.05) is 6.26 Å². The molecule has 4 rings (SSSR count). The summed E-state index contributed by atoms with van der Waals surface area (Å²) in [5.41, 5.74) is 2.75. The number of hydrogen-bond acceptors (Lipinski definition) is 6. The highest BCUT2D eigenvalue weighted by atomic mass is 35.5. The van der Waals surface area contributed by atoms with Crippen molar-refractivity contribution in [3.8, 4) is 11.5 Å². The molecular weight excluding hydrogens is 386 g/mol. The van der Waals surface area contributed by atoms with E-state index in [4.69, 9.17) is 16.0 Å². The third kappa shape index (κ3) is 3.72. The molecule has 0 fully saturated rings. The molecule has 2 aromatic carbocycles. The van der Waals surface area contributed by atoms with Gasteiger partial charge in [0.2, 0.25) is 5.89 Å². The van der Waals surface area contributed by atoms with E-state index in [0.717, 1.165) is 22.0 Å². The Morgan fingerprint density at radius 2 is 1.88 bits per heavy atom. The lowest BCUT2D eigenvalue weighted by Crippen LogP contribution is -1.89. The first-order chi connectivity index (χ1) is 12.7. The van der Waals surface area contributed by atoms with Crippen molar-refractivity contribution < 1.29 is 4.42 Å². The Morgan fingerprint density at radius 3 is 2.69 bits per heavy atom. The van der Waals surface area contributed by atoms with E-state index >= 15 is 0 Å². The molecule has 2 heterocycles. The van der Waals surface area contributed by atoms with Crippen LogP contribution in [0.1, 0.15) is 5.56 Å². The average Bonchev–Trinajstić information content (AvgIpc) is 3.15. The number of halogens is 1. The molecular formula is C19H14ClN3OS2. The number of benzene rings is 2. The van der Waals surface area contributed by atoms with E-state index in [-0.39, 0.29) is 0 Å². The van der Waals surface area contributed by atoms with Gasteiger partial charge in [-0.1, -0.05) is 47.6 Å². The van der Waals surface area contributed by atoms with Gasteiger partial charge in [-0.05, 0) is 36.6 Å². The predicted octanol–water partition coefficient (Wildman–Crippen LogP) is 5.95. The highest BCUT2D eigenvalue weighted by Gasteiger charge is 2.11. The first kappa shape index (κ1) is 17.4. The van der Waals surface area contributed by atoms with Crippen LogP contribution >= 0.6 is 35.1 Å². The number of aromatic nitrogens is 3. The minimum absolute atomic E-state index is 0.506. The molecule has 0 saturated heterocycles. The van der Waals surface area contributed by atoms with Crippen LogP contribution in [0.3, 0.4) is 0 Å². The summed E-state index contributed by atoms with van der Waals surface area (Å²) in [4.78, 5) is 5.69. The second-order valence-electron chi connectivity index (χ2n) is 5.52. The largest absolute Gasteiger partial charge is 0.411 e. The molecule has 0 amide bonds. The summed E-state index contributed by atoms with van der Waals surface area (Å²) >= 11 is 9.51. The van der Waals surface area contributed by atoms with Gasteiger partial charge < -0.3 is 4.42 Å². The summed E-state index contributed by atoms with van der Waals surface area (Å²) in [5, 5.41) is 10.3. The molecule has 0 bridgehead atoms. The van der Waals surface area contributed by atoms with Gasteiger partial charge in [-0.25, -0.2) is 4.98 Å². The minimum atomic E-state index is 0.506. The minimum Gasteiger partial charge on any atom is -0.411 e. The highest BCUT2D eigenvalue weighted by molar-refractivity contribution is 7.98. The van der Waals surface area contributed by atoms with Crippen molar-refractivity contribution in [1.82, 2.24) is 15.2 Å². The molecule has 4 aromatic rings. The van der Waals surface area contributed by atoms with E-state index in [2.05, 4.69) is 33.4 Å². The van der Waals surface area contributed by atoms with Crippen LogP contribution in [0.4, 0.5) is 0 Å². The second kappa shape index (κ2) is 7.70. The summed E-state index contributed by atoms with van der Waals surface area (Å²) in [6.07, 6.45) is 2.04. The van der Waals surface area contributed by atoms with Crippen molar-refractivity contribution in [1.29, 1.82) is 0 Å². The SMILES string of the molecule is CSc1ccc2cc(CSc3nnc(-c4ccccc4)o3)c(Cl)nc2c1. The molecule has 0 aliphatic rings. The van der Waals surface area contributed by atoms with Crippen molar-refractivity contribution in [2.45, 2.75) is 15.9 Å². The quantitative estimate of drug-likeness (QED) is 0.305. The Bertz CT molecular complexity index is 1050. The lowest BCUT2D eigenvalue weighted by atomic mass is 10.2. The van der Waals surface area contributed by atoms with E-state index in [0.29, 0.717) is 22.0 Å². The van der Waals surface area contributed by atoms with Crippen LogP contribution in [-0.2, 0) is 5.75 Å². The lowest BCUT2D eigenvalue weighted by molar-refractivity contribution is 0.466. The van der Waals surface area contributed by atoms with Gasteiger partial charge in [-0.2, -0.15) is 0 Å². The Morgan fingerprint density at radius 1 is 1.04 bits per heavy atom. The van der Waals surface area contributed by atoms with Crippen molar-refractivity contribution in [2.24, 2.45) is 0 Å². The molecule has 0 spiro atoms. The van der Waals surface area contributed by atoms with Gasteiger partial charge in [-0.3, -0.25) is 0 Å². The zero-order valence-corrected chi connectivity index (χ0v) is 16.2. The molecule has 0 aliphatic carbocycles. The molecule has 0 N–H and O–H groups in total. The summed E-state index contributed by atoms with van der Waals surface area (Å²) in [6, 6.07) is 18.0. The van der Waals surface area contributed by atoms with E-state index in [1.165, 1.54) is 16.7 Å². The van der Waals surface area contributed by atoms with Gasteiger partial charge in [0.1, 0.15) is 5.15 Å². The predicted molar refractivity (Wildman–Crippen MR) is 108 cm³/mol. The maximum Gasteiger partial charge on any atom is 0.277 e. The molecule has 4 nitrogen and oxygen atoms in total. The fourth-order valence-corrected chi connectivity index (χ4v) is 3.96. The first-order valence-electron chi connectivity index (χ1n) is 7.88. The average molecular weight is 400 g/mol. The molecule has 7 heteroatoms. The topological polar surface area (TPSA) is 51.8 Å². The Balaban J connectivity index is 1.53. The zero-order valence-electron chi connectivity index (χ0n) is 13.8. The summed E-state index contributed by atoms with van der Waals surface area (Å²) in [7, 11) is 0. The van der Waals surface area contributed by atoms with Gasteiger partial charge in [0.05, 0.1) is 5.52 Å². The van der Waals surface area contributed by atoms with E-state index in [9.17, 15) is 0 Å². The summed E-state index contributed by atoms with van der Waals surface area (Å²) in [6.45, 7) is 0. The zero-order chi connectivity index (χ0) is 17.9. The Kier molecular flexibility index (Phi) is 5.15. The smallest absolute Gasteiger partial charge is 0.277 e. The van der Waals surface area contributed by atoms with Crippen LogP contribution in [0.25, 0.3) is 22.4 Å². The number of nitrogens with zero attached hydrogens (tertiary/aromatic N) is 3. The van der Waals surface area contributed by atoms with Crippen molar-refractivity contribution in [3.05, 3.63) is 65.3 Å². The molecule has 0 saturated carbocycles. The number of rotatable bonds is 5. The van der Waals surface area contributed by atoms with E-state index in [1.54, 1.807) is 11.8 Å². The molecule has 0 aliphatic heterocycles. The fraction of sp³-hybridized carbons (Fsp3) is 0.105. The Labute approximate surface area is 164 Å². The lowest BCUT2D eigenvalue weighted by Gasteiger charge is -2.06. The van der Waals surface area contributed by atoms with Crippen LogP contribution in [0.15, 0.2) is 69.1 Å². The maximum absolute atomic E-state index is 6.37. The summed E-state index contributed by atoms with van der Waals surface area (Å²) < 4.78 is 5.72. The van der Waals surface area contributed by atoms with Gasteiger partial charge in [0, 0.05) is 27.2 Å². The van der Waals surface area contributed by atoms with Crippen molar-refractivity contribution in [3.63, 3.8) is 0 Å². The second-order valence-corrected chi connectivity index (χ2v) is 7.69. The number of pyridine rings is 1. The molecule has 0 radical (unpaired) electrons. The number of fused-ring (bicyclic) bond motifs is 1. The summed E-state index contributed by atoms with van der Waals surface area (Å²) in [5.74, 6) is 1.13. The van der Waals surface area contributed by atoms with E-state index in [1.807, 2.05) is 42.7 Å². The normalized spacial score (nSPS) is 11.2. The molecule has 0 unspecified atom stereocenters. The molecule has 2 aromatic heterocycles. The van der Waals surface area contributed by atoms with E-state index < -0.39 is 0 Å². The van der Waals surface area contributed by atoms with Crippen molar-refractivity contribution >= 4 is 46.0 Å². The molecule has 130 valence electrons. The third-order valence-corrected chi connectivity index (χ3v) is 5.75. The Hall–Kier alpha value is -2.02. The van der Waals surface area contributed by atoms with Crippen LogP contribution in [0, 0.1) is 0 Å². The monoisotopic (exact) mass is 399 g/mol. The van der Waals surface area contributed by atoms with Crippen LogP contribution in [0.2, 0.25) is 5.15 Å². The van der Waals surface area contributed by atoms with Gasteiger partial charge >= 0.3 is 0 Å². The molecule has 26 heavy (non-hydrogen) atoms. The van der Waals surface area contributed by atoms with Crippen LogP contribution in [-0.4, -0.2) is 21.4 Å². The first-order valence-corrected chi connectivity index (χ1v) is 10.5. The maximum atomic E-state index is 6.37. The van der Waals surface area contributed by atoms with Crippen LogP contribution in [0.5, 0.6) is 0 Å². The van der Waals surface area contributed by atoms with Gasteiger partial charge in [0.25, 0.3) is 5.22 Å². The molecule has 0 atom stereocenters. The fourth-order valence-electron chi connectivity index (χ4n) is 2.50. The van der Waals surface area contributed by atoms with Gasteiger partial charge in [-0.15, -0.1) is 22.0 Å². The highest BCUT2D eigenvalue weighted by Crippen LogP contribution is 2.30. The van der Waals surface area contributed by atoms with Crippen LogP contribution < -0.4 is 0 Å². The number of thioether (sulfide) groups is 2.